The second kappa shape index (κ2) is 5.97. The minimum Gasteiger partial charge on any atom is -0.768 e. The van der Waals surface area contributed by atoms with Crippen molar-refractivity contribution in [3.05, 3.63) is 34.0 Å². The summed E-state index contributed by atoms with van der Waals surface area (Å²) in [7, 11) is 0. The molecule has 1 saturated carbocycles. The van der Waals surface area contributed by atoms with E-state index >= 15 is 0 Å². The molecule has 1 unspecified atom stereocenters. The smallest absolute Gasteiger partial charge is 0.0436 e. The molecule has 0 aromatic heterocycles. The van der Waals surface area contributed by atoms with Crippen molar-refractivity contribution < 1.29 is 8.76 Å². The van der Waals surface area contributed by atoms with Crippen molar-refractivity contribution in [1.29, 1.82) is 0 Å². The Morgan fingerprint density at radius 1 is 1.38 bits per heavy atom. The Morgan fingerprint density at radius 3 is 2.75 bits per heavy atom. The molecule has 1 aliphatic heterocycles. The lowest BCUT2D eigenvalue weighted by Crippen LogP contribution is -2.32. The molecule has 1 heterocycles. The van der Waals surface area contributed by atoms with Gasteiger partial charge in [-0.15, -0.1) is 0 Å². The van der Waals surface area contributed by atoms with Crippen LogP contribution in [0.2, 0.25) is 0 Å². The molecule has 130 valence electrons. The van der Waals surface area contributed by atoms with E-state index in [1.807, 2.05) is 6.07 Å². The van der Waals surface area contributed by atoms with E-state index in [-0.39, 0.29) is 6.04 Å². The van der Waals surface area contributed by atoms with Crippen molar-refractivity contribution in [1.82, 2.24) is 4.90 Å². The Hall–Kier alpha value is -1.17. The summed E-state index contributed by atoms with van der Waals surface area (Å²) in [5.74, 6) is 1.18. The summed E-state index contributed by atoms with van der Waals surface area (Å²) < 4.78 is 23.7. The van der Waals surface area contributed by atoms with Crippen molar-refractivity contribution in [3.63, 3.8) is 0 Å². The molecule has 0 bridgehead atoms. The second-order valence-corrected chi connectivity index (χ2v) is 8.75. The molecule has 1 aromatic carbocycles. The Balaban J connectivity index is 1.88. The highest BCUT2D eigenvalue weighted by Gasteiger charge is 2.35. The molecular formula is C19H25N2O2S-. The molecule has 5 heteroatoms. The predicted molar refractivity (Wildman–Crippen MR) is 94.8 cm³/mol. The first-order valence-corrected chi connectivity index (χ1v) is 10.0. The van der Waals surface area contributed by atoms with Gasteiger partial charge in [-0.25, -0.2) is 0 Å². The SMILES string of the molecule is CC(C)CN1Cc2c(c(S(=O)[O-])cc3c2[C@@H](N)CC3)C=C1C1CC1. The van der Waals surface area contributed by atoms with E-state index in [4.69, 9.17) is 5.73 Å². The van der Waals surface area contributed by atoms with Gasteiger partial charge in [-0.05, 0) is 83.0 Å². The van der Waals surface area contributed by atoms with Crippen LogP contribution in [0.1, 0.15) is 61.4 Å². The minimum absolute atomic E-state index is 0.0414. The van der Waals surface area contributed by atoms with Crippen molar-refractivity contribution in [2.45, 2.75) is 57.0 Å². The molecule has 0 saturated heterocycles. The highest BCUT2D eigenvalue weighted by atomic mass is 32.2. The molecular weight excluding hydrogens is 320 g/mol. The summed E-state index contributed by atoms with van der Waals surface area (Å²) in [6.07, 6.45) is 6.39. The van der Waals surface area contributed by atoms with Gasteiger partial charge in [-0.1, -0.05) is 13.8 Å². The number of hydrogen-bond acceptors (Lipinski definition) is 4. The van der Waals surface area contributed by atoms with Crippen molar-refractivity contribution in [2.75, 3.05) is 6.54 Å². The fraction of sp³-hybridized carbons (Fsp3) is 0.579. The first kappa shape index (κ1) is 16.3. The lowest BCUT2D eigenvalue weighted by Gasteiger charge is -2.36. The summed E-state index contributed by atoms with van der Waals surface area (Å²) in [5.41, 5.74) is 12.1. The van der Waals surface area contributed by atoms with Gasteiger partial charge in [0.1, 0.15) is 0 Å². The van der Waals surface area contributed by atoms with E-state index in [0.29, 0.717) is 16.7 Å². The summed E-state index contributed by atoms with van der Waals surface area (Å²) in [6, 6.07) is 1.91. The highest BCUT2D eigenvalue weighted by molar-refractivity contribution is 7.79. The van der Waals surface area contributed by atoms with Crippen LogP contribution in [0.15, 0.2) is 16.7 Å². The van der Waals surface area contributed by atoms with Crippen LogP contribution in [-0.4, -0.2) is 20.2 Å². The van der Waals surface area contributed by atoms with Crippen LogP contribution in [0.3, 0.4) is 0 Å². The third-order valence-corrected chi connectivity index (χ3v) is 6.13. The molecule has 24 heavy (non-hydrogen) atoms. The standard InChI is InChI=1S/C19H26N2O2S/c1-11(2)9-21-10-15-14(8-17(21)12-3-4-12)18(24(22)23)7-13-5-6-16(20)19(13)15/h7-8,11-12,16H,3-6,9-10,20H2,1-2H3,(H,22,23)/p-1/t16-/m0/s1. The van der Waals surface area contributed by atoms with E-state index < -0.39 is 11.1 Å². The molecule has 1 fully saturated rings. The quantitative estimate of drug-likeness (QED) is 0.852. The molecule has 0 spiro atoms. The van der Waals surface area contributed by atoms with Gasteiger partial charge in [0, 0.05) is 29.7 Å². The van der Waals surface area contributed by atoms with Crippen molar-refractivity contribution >= 4 is 17.2 Å². The summed E-state index contributed by atoms with van der Waals surface area (Å²) in [5, 5.41) is 0. The fourth-order valence-corrected chi connectivity index (χ4v) is 4.88. The number of hydrogen-bond donors (Lipinski definition) is 1. The predicted octanol–water partition coefficient (Wildman–Crippen LogP) is 3.09. The van der Waals surface area contributed by atoms with E-state index in [9.17, 15) is 8.76 Å². The van der Waals surface area contributed by atoms with Crippen LogP contribution >= 0.6 is 0 Å². The number of allylic oxidation sites excluding steroid dienone is 1. The maximum Gasteiger partial charge on any atom is 0.0436 e. The maximum absolute atomic E-state index is 11.8. The van der Waals surface area contributed by atoms with Gasteiger partial charge in [0.2, 0.25) is 0 Å². The van der Waals surface area contributed by atoms with Crippen LogP contribution in [-0.2, 0) is 24.0 Å². The van der Waals surface area contributed by atoms with Gasteiger partial charge >= 0.3 is 0 Å². The molecule has 4 rings (SSSR count). The number of fused-ring (bicyclic) bond motifs is 3. The highest BCUT2D eigenvalue weighted by Crippen LogP contribution is 2.46. The summed E-state index contributed by atoms with van der Waals surface area (Å²) in [6.45, 7) is 6.28. The molecule has 0 radical (unpaired) electrons. The third-order valence-electron chi connectivity index (χ3n) is 5.43. The molecule has 2 atom stereocenters. The lowest BCUT2D eigenvalue weighted by molar-refractivity contribution is 0.280. The molecule has 3 aliphatic rings. The second-order valence-electron chi connectivity index (χ2n) is 7.84. The first-order chi connectivity index (χ1) is 11.5. The lowest BCUT2D eigenvalue weighted by atomic mass is 9.91. The fourth-order valence-electron chi connectivity index (χ4n) is 4.28. The zero-order valence-corrected chi connectivity index (χ0v) is 15.2. The number of aryl methyl sites for hydroxylation is 1. The van der Waals surface area contributed by atoms with Crippen LogP contribution < -0.4 is 5.73 Å². The molecule has 4 nitrogen and oxygen atoms in total. The van der Waals surface area contributed by atoms with Gasteiger partial charge < -0.3 is 15.2 Å². The molecule has 1 aromatic rings. The van der Waals surface area contributed by atoms with Crippen LogP contribution in [0.25, 0.3) is 6.08 Å². The van der Waals surface area contributed by atoms with Crippen molar-refractivity contribution in [3.8, 4) is 0 Å². The van der Waals surface area contributed by atoms with Gasteiger partial charge in [0.25, 0.3) is 0 Å². The Bertz CT molecular complexity index is 737. The average Bonchev–Trinajstić information content (AvgIpc) is 3.28. The number of nitrogens with zero attached hydrogens (tertiary/aromatic N) is 1. The average molecular weight is 345 g/mol. The third kappa shape index (κ3) is 2.72. The number of rotatable bonds is 4. The van der Waals surface area contributed by atoms with Gasteiger partial charge in [-0.3, -0.25) is 4.21 Å². The monoisotopic (exact) mass is 345 g/mol. The Kier molecular flexibility index (Phi) is 4.06. The van der Waals surface area contributed by atoms with Crippen LogP contribution in [0.5, 0.6) is 0 Å². The van der Waals surface area contributed by atoms with Gasteiger partial charge in [0.05, 0.1) is 0 Å². The van der Waals surface area contributed by atoms with Crippen molar-refractivity contribution in [2.24, 2.45) is 17.6 Å². The zero-order valence-electron chi connectivity index (χ0n) is 14.4. The van der Waals surface area contributed by atoms with Gasteiger partial charge in [0.15, 0.2) is 0 Å². The van der Waals surface area contributed by atoms with Crippen LogP contribution in [0, 0.1) is 11.8 Å². The Morgan fingerprint density at radius 2 is 2.12 bits per heavy atom. The first-order valence-electron chi connectivity index (χ1n) is 8.95. The van der Waals surface area contributed by atoms with E-state index in [1.165, 1.54) is 24.1 Å². The summed E-state index contributed by atoms with van der Waals surface area (Å²) >= 11 is -2.21. The van der Waals surface area contributed by atoms with Gasteiger partial charge in [-0.2, -0.15) is 0 Å². The Labute approximate surface area is 146 Å². The summed E-state index contributed by atoms with van der Waals surface area (Å²) in [4.78, 5) is 2.92. The van der Waals surface area contributed by atoms with E-state index in [2.05, 4.69) is 24.8 Å². The van der Waals surface area contributed by atoms with E-state index in [1.54, 1.807) is 0 Å². The number of nitrogens with two attached hydrogens (primary N) is 1. The maximum atomic E-state index is 11.8. The number of benzene rings is 1. The largest absolute Gasteiger partial charge is 0.768 e. The zero-order chi connectivity index (χ0) is 17.0. The molecule has 2 aliphatic carbocycles. The molecule has 0 amide bonds. The minimum atomic E-state index is -2.21. The van der Waals surface area contributed by atoms with Crippen LogP contribution in [0.4, 0.5) is 0 Å². The van der Waals surface area contributed by atoms with E-state index in [0.717, 1.165) is 42.6 Å². The molecule has 2 N–H and O–H groups in total. The normalized spacial score (nSPS) is 24.0. The topological polar surface area (TPSA) is 69.4 Å².